The molecular weight excluding hydrogens is 686 g/mol. The summed E-state index contributed by atoms with van der Waals surface area (Å²) in [6.07, 6.45) is -3.22. The number of aliphatic hydroxyl groups is 1. The van der Waals surface area contributed by atoms with Crippen LogP contribution in [-0.2, 0) is 10.9 Å². The molecule has 0 bridgehead atoms. The van der Waals surface area contributed by atoms with Gasteiger partial charge in [0.15, 0.2) is 0 Å². The van der Waals surface area contributed by atoms with Crippen LogP contribution in [0.5, 0.6) is 5.75 Å². The van der Waals surface area contributed by atoms with E-state index in [9.17, 15) is 37.1 Å². The number of carbonyl (C=O) groups excluding carboxylic acids is 3. The van der Waals surface area contributed by atoms with Crippen LogP contribution in [0, 0.1) is 11.7 Å². The smallest absolute Gasteiger partial charge is 0.416 e. The Balaban J connectivity index is 1.56. The zero-order chi connectivity index (χ0) is 38.0. The van der Waals surface area contributed by atoms with Gasteiger partial charge >= 0.3 is 18.2 Å². The molecule has 1 heterocycles. The number of aliphatic hydroxyl groups excluding tert-OH is 1. The molecule has 5 amide bonds. The highest BCUT2D eigenvalue weighted by Gasteiger charge is 2.32. The van der Waals surface area contributed by atoms with E-state index in [1.54, 1.807) is 26.1 Å². The Bertz CT molecular complexity index is 1660. The Hall–Kier alpha value is -4.89. The van der Waals surface area contributed by atoms with Crippen molar-refractivity contribution in [3.8, 4) is 5.75 Å². The Morgan fingerprint density at radius 1 is 0.962 bits per heavy atom. The van der Waals surface area contributed by atoms with Crippen LogP contribution >= 0.6 is 0 Å². The molecule has 0 fully saturated rings. The van der Waals surface area contributed by atoms with Crippen LogP contribution in [0.2, 0.25) is 0 Å². The number of hydrogen-bond acceptors (Lipinski definition) is 6. The number of benzene rings is 3. The second kappa shape index (κ2) is 18.0. The number of carbonyl (C=O) groups is 3. The first-order valence-electron chi connectivity index (χ1n) is 17.0. The normalized spacial score (nSPS) is 19.4. The van der Waals surface area contributed by atoms with Gasteiger partial charge in [0.25, 0.3) is 5.91 Å². The fourth-order valence-electron chi connectivity index (χ4n) is 5.60. The summed E-state index contributed by atoms with van der Waals surface area (Å²) in [5, 5.41) is 18.0. The summed E-state index contributed by atoms with van der Waals surface area (Å²) < 4.78 is 64.7. The number of rotatable bonds is 7. The van der Waals surface area contributed by atoms with Crippen molar-refractivity contribution in [3.05, 3.63) is 83.7 Å². The highest BCUT2D eigenvalue weighted by Crippen LogP contribution is 2.31. The third-order valence-corrected chi connectivity index (χ3v) is 8.68. The highest BCUT2D eigenvalue weighted by molar-refractivity contribution is 6.02. The van der Waals surface area contributed by atoms with E-state index < -0.39 is 47.7 Å². The van der Waals surface area contributed by atoms with E-state index in [0.717, 1.165) is 30.7 Å². The maximum atomic E-state index is 14.3. The van der Waals surface area contributed by atoms with Crippen molar-refractivity contribution in [1.82, 2.24) is 9.80 Å². The molecule has 4 rings (SSSR count). The molecule has 0 saturated carbocycles. The minimum Gasteiger partial charge on any atom is -0.490 e. The predicted molar refractivity (Wildman–Crippen MR) is 189 cm³/mol. The lowest BCUT2D eigenvalue weighted by atomic mass is 10.0. The van der Waals surface area contributed by atoms with Crippen LogP contribution in [0.25, 0.3) is 0 Å². The first kappa shape index (κ1) is 39.9. The molecule has 4 atom stereocenters. The zero-order valence-electron chi connectivity index (χ0n) is 29.5. The minimum absolute atomic E-state index is 0.122. The number of fused-ring (bicyclic) bond motifs is 1. The molecule has 0 spiro atoms. The summed E-state index contributed by atoms with van der Waals surface area (Å²) in [5.41, 5.74) is 0.0354. The van der Waals surface area contributed by atoms with E-state index >= 15 is 0 Å². The largest absolute Gasteiger partial charge is 0.490 e. The van der Waals surface area contributed by atoms with Crippen LogP contribution in [0.3, 0.4) is 0 Å². The number of amides is 5. The number of ether oxygens (including phenoxy) is 2. The summed E-state index contributed by atoms with van der Waals surface area (Å²) in [4.78, 5) is 43.1. The second-order valence-corrected chi connectivity index (χ2v) is 13.0. The van der Waals surface area contributed by atoms with Crippen LogP contribution in [0.4, 0.5) is 44.2 Å². The van der Waals surface area contributed by atoms with E-state index in [1.807, 2.05) is 13.8 Å². The lowest BCUT2D eigenvalue weighted by molar-refractivity contribution is -0.137. The molecule has 0 saturated heterocycles. The summed E-state index contributed by atoms with van der Waals surface area (Å²) >= 11 is 0. The average Bonchev–Trinajstić information content (AvgIpc) is 3.10. The van der Waals surface area contributed by atoms with Crippen LogP contribution in [0.15, 0.2) is 66.7 Å². The molecule has 1 aliphatic heterocycles. The van der Waals surface area contributed by atoms with Gasteiger partial charge in [0.05, 0.1) is 36.0 Å². The topological polar surface area (TPSA) is 132 Å². The van der Waals surface area contributed by atoms with Gasteiger partial charge in [0, 0.05) is 49.7 Å². The number of nitrogens with zero attached hydrogens (tertiary/aromatic N) is 2. The molecule has 11 nitrogen and oxygen atoms in total. The Morgan fingerprint density at radius 3 is 2.23 bits per heavy atom. The molecular formula is C37H45F4N5O6. The molecule has 1 aliphatic rings. The van der Waals surface area contributed by atoms with Gasteiger partial charge in [0.1, 0.15) is 11.6 Å². The lowest BCUT2D eigenvalue weighted by Gasteiger charge is -2.35. The Kier molecular flexibility index (Phi) is 13.8. The van der Waals surface area contributed by atoms with Crippen molar-refractivity contribution in [2.45, 2.75) is 64.5 Å². The quantitative estimate of drug-likeness (QED) is 0.187. The van der Waals surface area contributed by atoms with Gasteiger partial charge in [-0.1, -0.05) is 6.92 Å². The maximum absolute atomic E-state index is 14.3. The van der Waals surface area contributed by atoms with Gasteiger partial charge in [0.2, 0.25) is 0 Å². The fraction of sp³-hybridized carbons (Fsp3) is 0.432. The molecule has 52 heavy (non-hydrogen) atoms. The predicted octanol–water partition coefficient (Wildman–Crippen LogP) is 7.45. The van der Waals surface area contributed by atoms with Crippen molar-refractivity contribution in [2.24, 2.45) is 5.92 Å². The third-order valence-electron chi connectivity index (χ3n) is 8.68. The van der Waals surface area contributed by atoms with E-state index in [1.165, 1.54) is 40.1 Å². The number of hydrogen-bond donors (Lipinski definition) is 4. The second-order valence-electron chi connectivity index (χ2n) is 13.0. The van der Waals surface area contributed by atoms with Gasteiger partial charge in [-0.25, -0.2) is 14.0 Å². The van der Waals surface area contributed by atoms with Crippen LogP contribution < -0.4 is 20.7 Å². The van der Waals surface area contributed by atoms with E-state index in [0.29, 0.717) is 25.1 Å². The molecule has 0 aromatic heterocycles. The summed E-state index contributed by atoms with van der Waals surface area (Å²) in [5.74, 6) is -0.972. The zero-order valence-corrected chi connectivity index (χ0v) is 29.5. The number of urea groups is 2. The van der Waals surface area contributed by atoms with Gasteiger partial charge in [-0.15, -0.1) is 0 Å². The molecule has 0 aliphatic carbocycles. The number of alkyl halides is 3. The number of likely N-dealkylation sites (N-methyl/N-ethyl adjacent to an activating group) is 1. The number of nitrogens with one attached hydrogen (secondary N) is 3. The van der Waals surface area contributed by atoms with Crippen molar-refractivity contribution in [3.63, 3.8) is 0 Å². The average molecular weight is 732 g/mol. The maximum Gasteiger partial charge on any atom is 0.416 e. The molecule has 0 unspecified atom stereocenters. The SMILES string of the molecule is C[C@@H]1CN([C@H](C)CO)C(=O)c2cc(NC(=O)Nc3ccc(C(F)(F)F)cc3)ccc2O[C@@H](C)CCCCO[C@H]1CN(C)C(=O)Nc1ccc(F)cc1. The van der Waals surface area contributed by atoms with Crippen molar-refractivity contribution in [2.75, 3.05) is 49.3 Å². The Morgan fingerprint density at radius 2 is 1.58 bits per heavy atom. The fourth-order valence-corrected chi connectivity index (χ4v) is 5.60. The van der Waals surface area contributed by atoms with E-state index in [4.69, 9.17) is 9.47 Å². The van der Waals surface area contributed by atoms with Crippen molar-refractivity contribution in [1.29, 1.82) is 0 Å². The molecule has 3 aromatic carbocycles. The van der Waals surface area contributed by atoms with E-state index in [2.05, 4.69) is 16.0 Å². The van der Waals surface area contributed by atoms with Gasteiger partial charge in [-0.2, -0.15) is 13.2 Å². The monoisotopic (exact) mass is 731 g/mol. The van der Waals surface area contributed by atoms with Crippen LogP contribution in [-0.4, -0.2) is 84.5 Å². The summed E-state index contributed by atoms with van der Waals surface area (Å²) in [7, 11) is 1.61. The number of halogens is 4. The first-order valence-corrected chi connectivity index (χ1v) is 17.0. The third kappa shape index (κ3) is 11.3. The van der Waals surface area contributed by atoms with Gasteiger partial charge < -0.3 is 40.3 Å². The molecule has 282 valence electrons. The molecule has 3 aromatic rings. The Labute approximate surface area is 300 Å². The minimum atomic E-state index is -4.52. The molecule has 15 heteroatoms. The molecule has 4 N–H and O–H groups in total. The van der Waals surface area contributed by atoms with Gasteiger partial charge in [-0.3, -0.25) is 4.79 Å². The lowest BCUT2D eigenvalue weighted by Crippen LogP contribution is -2.48. The first-order chi connectivity index (χ1) is 24.6. The van der Waals surface area contributed by atoms with Crippen molar-refractivity contribution < 1.29 is 46.5 Å². The summed E-state index contributed by atoms with van der Waals surface area (Å²) in [6.45, 7) is 5.78. The van der Waals surface area contributed by atoms with Crippen LogP contribution in [0.1, 0.15) is 56.0 Å². The standard InChI is InChI=1S/C37H45F4N5O6/c1-23-20-46(24(2)22-47)34(48)31-19-30(43-35(49)42-28-12-8-26(9-13-28)37(39,40)41)16-17-32(31)52-25(3)7-5-6-18-51-33(23)21-45(4)36(50)44-29-14-10-27(38)11-15-29/h8-17,19,23-25,33,47H,5-7,18,20-22H2,1-4H3,(H,44,50)(H2,42,43,49)/t23-,24-,25+,33+/m1/s1. The van der Waals surface area contributed by atoms with Gasteiger partial charge in [-0.05, 0) is 99.8 Å². The molecule has 0 radical (unpaired) electrons. The summed E-state index contributed by atoms with van der Waals surface area (Å²) in [6, 6.07) is 12.1. The number of anilines is 3. The highest BCUT2D eigenvalue weighted by atomic mass is 19.4. The van der Waals surface area contributed by atoms with Crippen molar-refractivity contribution >= 4 is 35.0 Å². The van der Waals surface area contributed by atoms with E-state index in [-0.39, 0.29) is 54.4 Å².